The van der Waals surface area contributed by atoms with Crippen molar-refractivity contribution in [1.82, 2.24) is 10.2 Å². The highest BCUT2D eigenvalue weighted by atomic mass is 35.5. The molecule has 1 fully saturated rings. The Labute approximate surface area is 104 Å². The monoisotopic (exact) mass is 250 g/mol. The molecule has 0 atom stereocenters. The van der Waals surface area contributed by atoms with Crippen LogP contribution in [0.2, 0.25) is 0 Å². The van der Waals surface area contributed by atoms with E-state index in [4.69, 9.17) is 4.74 Å². The van der Waals surface area contributed by atoms with Gasteiger partial charge in [-0.2, -0.15) is 0 Å². The molecule has 0 radical (unpaired) electrons. The molecule has 1 rings (SSSR count). The number of carbonyl (C=O) groups is 1. The molecule has 0 saturated heterocycles. The van der Waals surface area contributed by atoms with Crippen LogP contribution in [-0.4, -0.2) is 50.2 Å². The Bertz CT molecular complexity index is 198. The van der Waals surface area contributed by atoms with Crippen molar-refractivity contribution in [1.29, 1.82) is 0 Å². The van der Waals surface area contributed by atoms with Crippen molar-refractivity contribution >= 4 is 18.3 Å². The van der Waals surface area contributed by atoms with Gasteiger partial charge < -0.3 is 15.0 Å². The third-order valence-corrected chi connectivity index (χ3v) is 2.94. The molecular weight excluding hydrogens is 228 g/mol. The first-order valence-corrected chi connectivity index (χ1v) is 5.78. The summed E-state index contributed by atoms with van der Waals surface area (Å²) in [6.45, 7) is 4.71. The molecule has 0 aromatic rings. The molecule has 96 valence electrons. The molecule has 0 aromatic heterocycles. The van der Waals surface area contributed by atoms with E-state index in [0.717, 1.165) is 13.1 Å². The Morgan fingerprint density at radius 3 is 2.62 bits per heavy atom. The lowest BCUT2D eigenvalue weighted by Crippen LogP contribution is -2.47. The highest BCUT2D eigenvalue weighted by molar-refractivity contribution is 5.85. The van der Waals surface area contributed by atoms with E-state index in [1.165, 1.54) is 19.3 Å². The highest BCUT2D eigenvalue weighted by Crippen LogP contribution is 2.24. The van der Waals surface area contributed by atoms with Crippen LogP contribution in [0.5, 0.6) is 0 Å². The van der Waals surface area contributed by atoms with Gasteiger partial charge in [-0.05, 0) is 26.2 Å². The van der Waals surface area contributed by atoms with Gasteiger partial charge in [0.25, 0.3) is 0 Å². The summed E-state index contributed by atoms with van der Waals surface area (Å²) >= 11 is 0. The van der Waals surface area contributed by atoms with Crippen LogP contribution in [0.4, 0.5) is 0 Å². The fourth-order valence-corrected chi connectivity index (χ4v) is 1.81. The van der Waals surface area contributed by atoms with Gasteiger partial charge in [0.15, 0.2) is 0 Å². The maximum atomic E-state index is 11.8. The van der Waals surface area contributed by atoms with Crippen molar-refractivity contribution in [3.63, 3.8) is 0 Å². The molecule has 16 heavy (non-hydrogen) atoms. The van der Waals surface area contributed by atoms with Crippen LogP contribution in [0.15, 0.2) is 0 Å². The molecule has 4 nitrogen and oxygen atoms in total. The van der Waals surface area contributed by atoms with Gasteiger partial charge in [-0.15, -0.1) is 12.4 Å². The maximum absolute atomic E-state index is 11.8. The van der Waals surface area contributed by atoms with Crippen LogP contribution >= 0.6 is 12.4 Å². The maximum Gasteiger partial charge on any atom is 0.236 e. The number of hydrogen-bond donors (Lipinski definition) is 1. The third-order valence-electron chi connectivity index (χ3n) is 2.94. The van der Waals surface area contributed by atoms with Gasteiger partial charge in [-0.25, -0.2) is 0 Å². The summed E-state index contributed by atoms with van der Waals surface area (Å²) < 4.78 is 4.90. The van der Waals surface area contributed by atoms with E-state index in [-0.39, 0.29) is 18.3 Å². The van der Waals surface area contributed by atoms with E-state index in [0.29, 0.717) is 19.2 Å². The molecule has 0 aromatic carbocycles. The first-order valence-electron chi connectivity index (χ1n) is 5.78. The van der Waals surface area contributed by atoms with Gasteiger partial charge in [-0.3, -0.25) is 4.79 Å². The summed E-state index contributed by atoms with van der Waals surface area (Å²) in [4.78, 5) is 13.8. The second-order valence-electron chi connectivity index (χ2n) is 3.93. The molecule has 1 amide bonds. The first kappa shape index (κ1) is 15.7. The summed E-state index contributed by atoms with van der Waals surface area (Å²) in [5.41, 5.74) is 0. The number of hydrogen-bond acceptors (Lipinski definition) is 3. The van der Waals surface area contributed by atoms with Gasteiger partial charge in [0.2, 0.25) is 5.91 Å². The predicted molar refractivity (Wildman–Crippen MR) is 67.0 cm³/mol. The Kier molecular flexibility index (Phi) is 8.61. The number of carbonyl (C=O) groups excluding carboxylic acids is 1. The van der Waals surface area contributed by atoms with Crippen LogP contribution < -0.4 is 5.32 Å². The molecule has 0 spiro atoms. The Morgan fingerprint density at radius 1 is 1.50 bits per heavy atom. The molecule has 0 unspecified atom stereocenters. The van der Waals surface area contributed by atoms with E-state index in [9.17, 15) is 4.79 Å². The molecule has 1 saturated carbocycles. The van der Waals surface area contributed by atoms with Crippen molar-refractivity contribution in [3.8, 4) is 0 Å². The Hall–Kier alpha value is -0.320. The molecule has 0 bridgehead atoms. The Morgan fingerprint density at radius 2 is 2.19 bits per heavy atom. The summed E-state index contributed by atoms with van der Waals surface area (Å²) in [6.07, 6.45) is 3.63. The van der Waals surface area contributed by atoms with Crippen molar-refractivity contribution in [2.75, 3.05) is 33.4 Å². The lowest BCUT2D eigenvalue weighted by molar-refractivity contribution is -0.134. The van der Waals surface area contributed by atoms with Crippen molar-refractivity contribution in [2.45, 2.75) is 32.2 Å². The molecule has 0 aliphatic heterocycles. The van der Waals surface area contributed by atoms with Crippen molar-refractivity contribution in [3.05, 3.63) is 0 Å². The number of nitrogens with one attached hydrogen (secondary N) is 1. The number of halogens is 1. The molecule has 1 N–H and O–H groups in total. The molecule has 0 heterocycles. The minimum Gasteiger partial charge on any atom is -0.383 e. The van der Waals surface area contributed by atoms with E-state index < -0.39 is 0 Å². The zero-order chi connectivity index (χ0) is 11.1. The van der Waals surface area contributed by atoms with E-state index in [1.807, 2.05) is 11.8 Å². The average molecular weight is 251 g/mol. The van der Waals surface area contributed by atoms with Crippen LogP contribution in [0.25, 0.3) is 0 Å². The second kappa shape index (κ2) is 8.79. The molecule has 5 heteroatoms. The smallest absolute Gasteiger partial charge is 0.236 e. The average Bonchev–Trinajstić information content (AvgIpc) is 2.17. The fourth-order valence-electron chi connectivity index (χ4n) is 1.81. The second-order valence-corrected chi connectivity index (χ2v) is 3.93. The molecular formula is C11H23ClN2O2. The predicted octanol–water partition coefficient (Wildman–Crippen LogP) is 1.05. The van der Waals surface area contributed by atoms with Crippen molar-refractivity contribution in [2.24, 2.45) is 0 Å². The molecule has 1 aliphatic rings. The standard InChI is InChI=1S/C11H22N2O2.ClH/c1-3-13(10-5-4-6-10)11(14)9-12-7-8-15-2;/h10,12H,3-9H2,1-2H3;1H. The van der Waals surface area contributed by atoms with E-state index >= 15 is 0 Å². The minimum absolute atomic E-state index is 0. The zero-order valence-corrected chi connectivity index (χ0v) is 11.0. The quantitative estimate of drug-likeness (QED) is 0.687. The van der Waals surface area contributed by atoms with Gasteiger partial charge in [-0.1, -0.05) is 0 Å². The number of methoxy groups -OCH3 is 1. The summed E-state index contributed by atoms with van der Waals surface area (Å²) in [5, 5.41) is 3.09. The number of amides is 1. The van der Waals surface area contributed by atoms with Gasteiger partial charge >= 0.3 is 0 Å². The summed E-state index contributed by atoms with van der Waals surface area (Å²) in [7, 11) is 1.66. The Balaban J connectivity index is 0.00000225. The van der Waals surface area contributed by atoms with Crippen molar-refractivity contribution < 1.29 is 9.53 Å². The number of likely N-dealkylation sites (N-methyl/N-ethyl adjacent to an activating group) is 1. The van der Waals surface area contributed by atoms with Gasteiger partial charge in [0, 0.05) is 26.2 Å². The van der Waals surface area contributed by atoms with Crippen LogP contribution in [0.3, 0.4) is 0 Å². The lowest BCUT2D eigenvalue weighted by Gasteiger charge is -2.37. The zero-order valence-electron chi connectivity index (χ0n) is 10.2. The number of ether oxygens (including phenoxy) is 1. The topological polar surface area (TPSA) is 41.6 Å². The molecule has 1 aliphatic carbocycles. The van der Waals surface area contributed by atoms with E-state index in [1.54, 1.807) is 7.11 Å². The minimum atomic E-state index is 0. The number of rotatable bonds is 7. The largest absolute Gasteiger partial charge is 0.383 e. The fraction of sp³-hybridized carbons (Fsp3) is 0.909. The third kappa shape index (κ3) is 4.68. The van der Waals surface area contributed by atoms with Gasteiger partial charge in [0.1, 0.15) is 0 Å². The lowest BCUT2D eigenvalue weighted by atomic mass is 9.91. The normalized spacial score (nSPS) is 15.1. The first-order chi connectivity index (χ1) is 7.29. The summed E-state index contributed by atoms with van der Waals surface area (Å²) in [5.74, 6) is 0.221. The van der Waals surface area contributed by atoms with E-state index in [2.05, 4.69) is 5.32 Å². The summed E-state index contributed by atoms with van der Waals surface area (Å²) in [6, 6.07) is 0.506. The van der Waals surface area contributed by atoms with Gasteiger partial charge in [0.05, 0.1) is 13.2 Å². The van der Waals surface area contributed by atoms with Crippen LogP contribution in [-0.2, 0) is 9.53 Å². The highest BCUT2D eigenvalue weighted by Gasteiger charge is 2.26. The number of nitrogens with zero attached hydrogens (tertiary/aromatic N) is 1. The van der Waals surface area contributed by atoms with Crippen LogP contribution in [0, 0.1) is 0 Å². The SMILES string of the molecule is CCN(C(=O)CNCCOC)C1CCC1.Cl. The van der Waals surface area contributed by atoms with Crippen LogP contribution in [0.1, 0.15) is 26.2 Å².